The predicted octanol–water partition coefficient (Wildman–Crippen LogP) is 4.17. The van der Waals surface area contributed by atoms with Crippen molar-refractivity contribution >= 4 is 0 Å². The lowest BCUT2D eigenvalue weighted by Crippen LogP contribution is -2.27. The topological polar surface area (TPSA) is 101 Å². The Morgan fingerprint density at radius 2 is 1.11 bits per heavy atom. The second-order valence-electron chi connectivity index (χ2n) is 9.53. The Morgan fingerprint density at radius 3 is 1.63 bits per heavy atom. The molecule has 2 aliphatic carbocycles. The third kappa shape index (κ3) is 2.00. The number of phenolic OH excluding ortho intramolecular Hbond substituents is 5. The van der Waals surface area contributed by atoms with Gasteiger partial charge in [0.1, 0.15) is 0 Å². The van der Waals surface area contributed by atoms with Crippen molar-refractivity contribution in [2.75, 3.05) is 0 Å². The normalized spacial score (nSPS) is 24.2. The first kappa shape index (κ1) is 17.8. The predicted molar refractivity (Wildman–Crippen MR) is 102 cm³/mol. The van der Waals surface area contributed by atoms with Crippen LogP contribution in [-0.2, 0) is 16.2 Å². The quantitative estimate of drug-likeness (QED) is 0.448. The summed E-state index contributed by atoms with van der Waals surface area (Å²) >= 11 is 0. The fraction of sp³-hybridized carbons (Fsp3) is 0.455. The highest BCUT2D eigenvalue weighted by Gasteiger charge is 2.59. The molecule has 2 aliphatic rings. The maximum atomic E-state index is 10.9. The molecule has 1 spiro atoms. The third-order valence-corrected chi connectivity index (χ3v) is 6.62. The first-order chi connectivity index (χ1) is 12.3. The van der Waals surface area contributed by atoms with E-state index in [0.717, 1.165) is 11.1 Å². The van der Waals surface area contributed by atoms with E-state index in [4.69, 9.17) is 0 Å². The molecule has 5 heteroatoms. The Hall–Kier alpha value is -2.56. The van der Waals surface area contributed by atoms with E-state index in [-0.39, 0.29) is 28.4 Å². The summed E-state index contributed by atoms with van der Waals surface area (Å²) in [6.45, 7) is 9.96. The van der Waals surface area contributed by atoms with Crippen LogP contribution in [0.15, 0.2) is 12.1 Å². The number of rotatable bonds is 0. The molecule has 2 aromatic rings. The second kappa shape index (κ2) is 4.83. The lowest BCUT2D eigenvalue weighted by molar-refractivity contribution is 0.326. The van der Waals surface area contributed by atoms with Gasteiger partial charge >= 0.3 is 0 Å². The molecule has 5 N–H and O–H groups in total. The summed E-state index contributed by atoms with van der Waals surface area (Å²) in [4.78, 5) is 0. The third-order valence-electron chi connectivity index (χ3n) is 6.62. The van der Waals surface area contributed by atoms with E-state index >= 15 is 0 Å². The number of aromatic hydroxyl groups is 5. The minimum Gasteiger partial charge on any atom is -0.504 e. The lowest BCUT2D eigenvalue weighted by Gasteiger charge is -2.31. The number of fused-ring (bicyclic) bond motifs is 4. The molecule has 0 heterocycles. The minimum absolute atomic E-state index is 0.153. The highest BCUT2D eigenvalue weighted by Crippen LogP contribution is 2.68. The van der Waals surface area contributed by atoms with Crippen molar-refractivity contribution in [2.45, 2.75) is 63.7 Å². The van der Waals surface area contributed by atoms with Crippen molar-refractivity contribution in [1.82, 2.24) is 0 Å². The Kier molecular flexibility index (Phi) is 3.19. The van der Waals surface area contributed by atoms with Crippen molar-refractivity contribution in [3.05, 3.63) is 39.9 Å². The number of aryl methyl sites for hydroxylation is 1. The van der Waals surface area contributed by atoms with Gasteiger partial charge in [0.2, 0.25) is 5.75 Å². The molecule has 0 bridgehead atoms. The number of benzene rings is 2. The van der Waals surface area contributed by atoms with Crippen molar-refractivity contribution in [3.8, 4) is 28.7 Å². The zero-order valence-corrected chi connectivity index (χ0v) is 16.3. The summed E-state index contributed by atoms with van der Waals surface area (Å²) < 4.78 is 0. The van der Waals surface area contributed by atoms with E-state index in [1.54, 1.807) is 6.92 Å². The fourth-order valence-corrected chi connectivity index (χ4v) is 5.71. The summed E-state index contributed by atoms with van der Waals surface area (Å²) in [6, 6.07) is 3.41. The highest BCUT2D eigenvalue weighted by molar-refractivity contribution is 5.72. The van der Waals surface area contributed by atoms with Crippen LogP contribution in [0.5, 0.6) is 28.7 Å². The van der Waals surface area contributed by atoms with Crippen molar-refractivity contribution in [3.63, 3.8) is 0 Å². The van der Waals surface area contributed by atoms with Crippen molar-refractivity contribution < 1.29 is 25.5 Å². The summed E-state index contributed by atoms with van der Waals surface area (Å²) in [5.74, 6) is -1.57. The Labute approximate surface area is 158 Å². The van der Waals surface area contributed by atoms with E-state index in [1.165, 1.54) is 6.07 Å². The monoisotopic (exact) mass is 370 g/mol. The lowest BCUT2D eigenvalue weighted by atomic mass is 9.72. The molecule has 1 unspecified atom stereocenters. The molecule has 2 aromatic carbocycles. The van der Waals surface area contributed by atoms with Gasteiger partial charge in [-0.05, 0) is 53.4 Å². The highest BCUT2D eigenvalue weighted by atomic mass is 16.3. The maximum Gasteiger partial charge on any atom is 0.200 e. The maximum absolute atomic E-state index is 10.9. The van der Waals surface area contributed by atoms with Gasteiger partial charge in [-0.15, -0.1) is 0 Å². The zero-order chi connectivity index (χ0) is 20.1. The van der Waals surface area contributed by atoms with E-state index in [0.29, 0.717) is 29.5 Å². The SMILES string of the molecule is Cc1cc2c(c(O)c1O)C1(CC2(C)C)CC(C)(C)c2cc(O)c(O)c(O)c21. The van der Waals surface area contributed by atoms with Crippen LogP contribution in [0.1, 0.15) is 68.4 Å². The van der Waals surface area contributed by atoms with E-state index in [9.17, 15) is 25.5 Å². The molecule has 5 nitrogen and oxygen atoms in total. The van der Waals surface area contributed by atoms with Gasteiger partial charge in [0.15, 0.2) is 23.0 Å². The molecule has 0 aliphatic heterocycles. The Morgan fingerprint density at radius 1 is 0.667 bits per heavy atom. The van der Waals surface area contributed by atoms with Crippen molar-refractivity contribution in [2.24, 2.45) is 0 Å². The molecule has 1 atom stereocenters. The molecule has 0 saturated carbocycles. The van der Waals surface area contributed by atoms with Crippen LogP contribution in [-0.4, -0.2) is 25.5 Å². The first-order valence-electron chi connectivity index (χ1n) is 9.19. The summed E-state index contributed by atoms with van der Waals surface area (Å²) in [6.07, 6.45) is 1.19. The molecular formula is C22H26O5. The first-order valence-corrected chi connectivity index (χ1v) is 9.19. The molecule has 0 radical (unpaired) electrons. The minimum atomic E-state index is -0.762. The van der Waals surface area contributed by atoms with E-state index in [2.05, 4.69) is 13.8 Å². The van der Waals surface area contributed by atoms with Gasteiger partial charge < -0.3 is 25.5 Å². The molecular weight excluding hydrogens is 344 g/mol. The van der Waals surface area contributed by atoms with Crippen LogP contribution in [0, 0.1) is 6.92 Å². The van der Waals surface area contributed by atoms with Crippen molar-refractivity contribution in [1.29, 1.82) is 0 Å². The summed E-state index contributed by atoms with van der Waals surface area (Å²) in [5.41, 5.74) is 1.97. The molecule has 0 saturated heterocycles. The van der Waals surface area contributed by atoms with Gasteiger partial charge in [0.05, 0.1) is 0 Å². The Balaban J connectivity index is 2.16. The summed E-state index contributed by atoms with van der Waals surface area (Å²) in [7, 11) is 0. The van der Waals surface area contributed by atoms with Crippen LogP contribution in [0.2, 0.25) is 0 Å². The van der Waals surface area contributed by atoms with Crippen LogP contribution in [0.3, 0.4) is 0 Å². The number of phenols is 5. The average molecular weight is 370 g/mol. The van der Waals surface area contributed by atoms with Gasteiger partial charge in [0.25, 0.3) is 0 Å². The molecule has 0 aromatic heterocycles. The molecule has 4 rings (SSSR count). The van der Waals surface area contributed by atoms with Gasteiger partial charge in [-0.3, -0.25) is 0 Å². The van der Waals surface area contributed by atoms with Gasteiger partial charge in [-0.1, -0.05) is 33.8 Å². The smallest absolute Gasteiger partial charge is 0.200 e. The molecule has 0 fully saturated rings. The van der Waals surface area contributed by atoms with E-state index < -0.39 is 16.6 Å². The summed E-state index contributed by atoms with van der Waals surface area (Å²) in [5, 5.41) is 52.4. The largest absolute Gasteiger partial charge is 0.504 e. The fourth-order valence-electron chi connectivity index (χ4n) is 5.71. The number of hydrogen-bond acceptors (Lipinski definition) is 5. The molecule has 0 amide bonds. The van der Waals surface area contributed by atoms with Gasteiger partial charge in [-0.25, -0.2) is 0 Å². The van der Waals surface area contributed by atoms with Crippen LogP contribution in [0.25, 0.3) is 0 Å². The van der Waals surface area contributed by atoms with Crippen LogP contribution < -0.4 is 0 Å². The molecule has 144 valence electrons. The second-order valence-corrected chi connectivity index (χ2v) is 9.53. The van der Waals surface area contributed by atoms with Gasteiger partial charge in [-0.2, -0.15) is 0 Å². The standard InChI is InChI=1S/C22H26O5/c1-10-6-11-14(18(26)16(10)24)22(8-20(11,2)3)9-21(4,5)12-7-13(23)17(25)19(27)15(12)22/h6-7,23-27H,8-9H2,1-5H3. The number of hydrogen-bond donors (Lipinski definition) is 5. The average Bonchev–Trinajstić information content (AvgIpc) is 2.89. The zero-order valence-electron chi connectivity index (χ0n) is 16.3. The Bertz CT molecular complexity index is 919. The van der Waals surface area contributed by atoms with Crippen LogP contribution in [0.4, 0.5) is 0 Å². The van der Waals surface area contributed by atoms with E-state index in [1.807, 2.05) is 19.9 Å². The van der Waals surface area contributed by atoms with Gasteiger partial charge in [0, 0.05) is 16.5 Å². The van der Waals surface area contributed by atoms with Crippen LogP contribution >= 0.6 is 0 Å². The molecule has 27 heavy (non-hydrogen) atoms.